The maximum absolute atomic E-state index is 13.1. The van der Waals surface area contributed by atoms with Gasteiger partial charge in [0.2, 0.25) is 5.91 Å². The summed E-state index contributed by atoms with van der Waals surface area (Å²) < 4.78 is 34.2. The number of ether oxygens (including phenoxy) is 6. The van der Waals surface area contributed by atoms with Crippen LogP contribution in [0.3, 0.4) is 0 Å². The number of aliphatic hydroxyl groups excluding tert-OH is 11. The summed E-state index contributed by atoms with van der Waals surface area (Å²) in [6.07, 6.45) is 20.1. The number of amides is 1. The van der Waals surface area contributed by atoms with Crippen LogP contribution in [-0.2, 0) is 33.2 Å². The van der Waals surface area contributed by atoms with Gasteiger partial charge in [-0.2, -0.15) is 0 Å². The van der Waals surface area contributed by atoms with E-state index in [1.807, 2.05) is 0 Å². The van der Waals surface area contributed by atoms with Gasteiger partial charge in [-0.25, -0.2) is 0 Å². The molecule has 81 heavy (non-hydrogen) atoms. The van der Waals surface area contributed by atoms with Crippen LogP contribution in [0.2, 0.25) is 0 Å². The molecular weight excluding hydrogens is 1050 g/mol. The fourth-order valence-corrected chi connectivity index (χ4v) is 11.6. The van der Waals surface area contributed by atoms with Gasteiger partial charge in [0.1, 0.15) is 73.2 Å². The molecule has 17 unspecified atom stereocenters. The fraction of sp³-hybridized carbons (Fsp3) is 0.984. The van der Waals surface area contributed by atoms with E-state index >= 15 is 0 Å². The molecule has 19 heteroatoms. The van der Waals surface area contributed by atoms with Crippen LogP contribution in [0.4, 0.5) is 0 Å². The quantitative estimate of drug-likeness (QED) is 0.0269. The SMILES string of the molecule is CCCCCCCCCCCCCCCCCCCCCCCCCCCCCCCCCC(O)C(COC1OC(CO)C(OC2OC(CO)C(OC3OC(CO)C(O)C(O)C3O)C(O)C2O)C(O)C1O)NC(=O)CCCCCCC. The summed E-state index contributed by atoms with van der Waals surface area (Å²) in [5.41, 5.74) is 0. The van der Waals surface area contributed by atoms with Crippen LogP contribution in [0.15, 0.2) is 0 Å². The van der Waals surface area contributed by atoms with E-state index in [1.165, 1.54) is 173 Å². The van der Waals surface area contributed by atoms with Crippen molar-refractivity contribution in [2.75, 3.05) is 26.4 Å². The Hall–Kier alpha value is -1.21. The number of hydrogen-bond donors (Lipinski definition) is 12. The predicted molar refractivity (Wildman–Crippen MR) is 310 cm³/mol. The van der Waals surface area contributed by atoms with E-state index < -0.39 is 124 Å². The van der Waals surface area contributed by atoms with E-state index in [9.17, 15) is 61.0 Å². The Morgan fingerprint density at radius 2 is 0.704 bits per heavy atom. The van der Waals surface area contributed by atoms with Gasteiger partial charge in [-0.1, -0.05) is 239 Å². The highest BCUT2D eigenvalue weighted by molar-refractivity contribution is 5.76. The molecule has 3 fully saturated rings. The lowest BCUT2D eigenvalue weighted by Gasteiger charge is -2.48. The average molecular weight is 1170 g/mol. The monoisotopic (exact) mass is 1170 g/mol. The topological polar surface area (TPSA) is 307 Å². The molecule has 0 bridgehead atoms. The third-order valence-corrected chi connectivity index (χ3v) is 16.9. The van der Waals surface area contributed by atoms with Crippen molar-refractivity contribution in [3.05, 3.63) is 0 Å². The number of hydrogen-bond acceptors (Lipinski definition) is 18. The molecule has 1 amide bonds. The van der Waals surface area contributed by atoms with Gasteiger partial charge in [0.25, 0.3) is 0 Å². The highest BCUT2D eigenvalue weighted by atomic mass is 16.8. The average Bonchev–Trinajstić information content (AvgIpc) is 3.47. The molecule has 0 saturated carbocycles. The molecule has 0 aliphatic carbocycles. The fourth-order valence-electron chi connectivity index (χ4n) is 11.6. The molecule has 3 aliphatic rings. The van der Waals surface area contributed by atoms with Crippen LogP contribution in [0.1, 0.15) is 258 Å². The molecule has 480 valence electrons. The smallest absolute Gasteiger partial charge is 0.220 e. The van der Waals surface area contributed by atoms with Crippen molar-refractivity contribution in [1.29, 1.82) is 0 Å². The highest BCUT2D eigenvalue weighted by Gasteiger charge is 2.53. The molecule has 19 nitrogen and oxygen atoms in total. The first kappa shape index (κ1) is 74.0. The third kappa shape index (κ3) is 29.4. The molecule has 0 aromatic rings. The summed E-state index contributed by atoms with van der Waals surface area (Å²) >= 11 is 0. The molecule has 3 heterocycles. The lowest BCUT2D eigenvalue weighted by molar-refractivity contribution is -0.379. The van der Waals surface area contributed by atoms with Crippen LogP contribution in [0, 0.1) is 0 Å². The van der Waals surface area contributed by atoms with Gasteiger partial charge >= 0.3 is 0 Å². The molecule has 0 spiro atoms. The van der Waals surface area contributed by atoms with Crippen molar-refractivity contribution in [3.63, 3.8) is 0 Å². The van der Waals surface area contributed by atoms with E-state index in [1.54, 1.807) is 0 Å². The Balaban J connectivity index is 1.30. The largest absolute Gasteiger partial charge is 0.394 e. The van der Waals surface area contributed by atoms with Crippen LogP contribution >= 0.6 is 0 Å². The summed E-state index contributed by atoms with van der Waals surface area (Å²) in [5.74, 6) is -0.253. The molecule has 17 atom stereocenters. The van der Waals surface area contributed by atoms with Gasteiger partial charge in [0.15, 0.2) is 18.9 Å². The van der Waals surface area contributed by atoms with Crippen LogP contribution in [0.5, 0.6) is 0 Å². The normalized spacial score (nSPS) is 29.7. The van der Waals surface area contributed by atoms with E-state index in [-0.39, 0.29) is 18.9 Å². The zero-order valence-corrected chi connectivity index (χ0v) is 50.3. The van der Waals surface area contributed by atoms with Crippen molar-refractivity contribution >= 4 is 5.91 Å². The molecule has 3 rings (SSSR count). The van der Waals surface area contributed by atoms with Crippen molar-refractivity contribution in [2.24, 2.45) is 0 Å². The summed E-state index contributed by atoms with van der Waals surface area (Å²) in [5, 5.41) is 120. The van der Waals surface area contributed by atoms with Crippen molar-refractivity contribution < 1.29 is 89.4 Å². The van der Waals surface area contributed by atoms with E-state index in [4.69, 9.17) is 28.4 Å². The number of carbonyl (C=O) groups is 1. The molecule has 0 radical (unpaired) electrons. The van der Waals surface area contributed by atoms with Gasteiger partial charge < -0.3 is 89.9 Å². The second-order valence-corrected chi connectivity index (χ2v) is 23.9. The zero-order chi connectivity index (χ0) is 59.0. The van der Waals surface area contributed by atoms with Crippen molar-refractivity contribution in [3.8, 4) is 0 Å². The highest BCUT2D eigenvalue weighted by Crippen LogP contribution is 2.33. The zero-order valence-electron chi connectivity index (χ0n) is 50.3. The molecule has 3 saturated heterocycles. The van der Waals surface area contributed by atoms with Gasteiger partial charge in [0, 0.05) is 6.42 Å². The number of carbonyl (C=O) groups excluding carboxylic acids is 1. The number of nitrogens with one attached hydrogen (secondary N) is 1. The minimum atomic E-state index is -1.97. The number of aliphatic hydroxyl groups is 11. The maximum Gasteiger partial charge on any atom is 0.220 e. The Kier molecular flexibility index (Phi) is 42.1. The molecule has 3 aliphatic heterocycles. The molecular formula is C62H119NO18. The van der Waals surface area contributed by atoms with Crippen LogP contribution in [-0.4, -0.2) is 193 Å². The van der Waals surface area contributed by atoms with Crippen LogP contribution in [0.25, 0.3) is 0 Å². The van der Waals surface area contributed by atoms with Gasteiger partial charge in [-0.3, -0.25) is 4.79 Å². The Morgan fingerprint density at radius 3 is 1.07 bits per heavy atom. The second kappa shape index (κ2) is 46.0. The summed E-state index contributed by atoms with van der Waals surface area (Å²) in [6, 6.07) is -0.878. The summed E-state index contributed by atoms with van der Waals surface area (Å²) in [4.78, 5) is 13.1. The molecule has 0 aromatic heterocycles. The van der Waals surface area contributed by atoms with Gasteiger partial charge in [0.05, 0.1) is 38.6 Å². The lowest BCUT2D eigenvalue weighted by Crippen LogP contribution is -2.66. The number of rotatable bonds is 50. The Morgan fingerprint density at radius 1 is 0.395 bits per heavy atom. The standard InChI is InChI=1S/C62H119NO18/c1-3-5-7-9-10-11-12-13-14-15-16-17-18-19-20-21-22-23-24-25-26-27-28-29-30-31-32-33-34-36-37-39-46(67)45(63-50(68)40-38-35-8-6-4-2)44-76-60-56(74)53(71)58(48(42-65)78-60)81-62-57(75)54(72)59(49(43-66)79-62)80-61-55(73)52(70)51(69)47(41-64)77-61/h45-49,51-62,64-67,69-75H,3-44H2,1-2H3,(H,63,68). The lowest BCUT2D eigenvalue weighted by atomic mass is 9.96. The summed E-state index contributed by atoms with van der Waals surface area (Å²) in [7, 11) is 0. The second-order valence-electron chi connectivity index (χ2n) is 23.9. The van der Waals surface area contributed by atoms with E-state index in [0.29, 0.717) is 12.8 Å². The first-order valence-corrected chi connectivity index (χ1v) is 32.8. The minimum absolute atomic E-state index is 0.253. The van der Waals surface area contributed by atoms with Crippen molar-refractivity contribution in [2.45, 2.75) is 362 Å². The first-order chi connectivity index (χ1) is 39.3. The van der Waals surface area contributed by atoms with Crippen molar-refractivity contribution in [1.82, 2.24) is 5.32 Å². The van der Waals surface area contributed by atoms with E-state index in [2.05, 4.69) is 19.2 Å². The first-order valence-electron chi connectivity index (χ1n) is 32.8. The predicted octanol–water partition coefficient (Wildman–Crippen LogP) is 7.16. The molecule has 12 N–H and O–H groups in total. The van der Waals surface area contributed by atoms with Crippen LogP contribution < -0.4 is 5.32 Å². The van der Waals surface area contributed by atoms with Gasteiger partial charge in [-0.05, 0) is 12.8 Å². The Labute approximate surface area is 487 Å². The van der Waals surface area contributed by atoms with E-state index in [0.717, 1.165) is 51.4 Å². The maximum atomic E-state index is 13.1. The number of unbranched alkanes of at least 4 members (excludes halogenated alkanes) is 34. The third-order valence-electron chi connectivity index (χ3n) is 16.9. The summed E-state index contributed by atoms with van der Waals surface area (Å²) in [6.45, 7) is 1.71. The van der Waals surface area contributed by atoms with Gasteiger partial charge in [-0.15, -0.1) is 0 Å². The Bertz CT molecular complexity index is 1490. The molecule has 0 aromatic carbocycles. The minimum Gasteiger partial charge on any atom is -0.394 e.